The summed E-state index contributed by atoms with van der Waals surface area (Å²) in [6.07, 6.45) is 1.54. The maximum atomic E-state index is 12.5. The van der Waals surface area contributed by atoms with E-state index in [1.165, 1.54) is 6.20 Å². The summed E-state index contributed by atoms with van der Waals surface area (Å²) in [5.74, 6) is 1.64. The van der Waals surface area contributed by atoms with Crippen molar-refractivity contribution in [1.29, 1.82) is 0 Å². The average molecular weight is 319 g/mol. The van der Waals surface area contributed by atoms with E-state index in [9.17, 15) is 4.79 Å². The third-order valence-electron chi connectivity index (χ3n) is 3.45. The third kappa shape index (κ3) is 3.57. The Morgan fingerprint density at radius 1 is 1.00 bits per heavy atom. The molecule has 24 heavy (non-hydrogen) atoms. The van der Waals surface area contributed by atoms with Crippen LogP contribution in [0.4, 0.5) is 5.69 Å². The summed E-state index contributed by atoms with van der Waals surface area (Å²) in [5.41, 5.74) is 1.67. The minimum Gasteiger partial charge on any atom is -0.455 e. The number of carbonyl (C=O) groups is 1. The SMILES string of the molecule is Cc1ncc(C(=O)Nc2ccccc2Oc2ccccc2)c(C)n1. The van der Waals surface area contributed by atoms with Crippen molar-refractivity contribution in [2.24, 2.45) is 0 Å². The molecule has 0 radical (unpaired) electrons. The first kappa shape index (κ1) is 15.7. The van der Waals surface area contributed by atoms with E-state index in [2.05, 4.69) is 15.3 Å². The molecule has 0 aliphatic carbocycles. The standard InChI is InChI=1S/C19H17N3O2/c1-13-16(12-20-14(2)21-13)19(23)22-17-10-6-7-11-18(17)24-15-8-4-3-5-9-15/h3-12H,1-2H3,(H,22,23). The van der Waals surface area contributed by atoms with Crippen molar-refractivity contribution in [2.45, 2.75) is 13.8 Å². The molecular formula is C19H17N3O2. The largest absolute Gasteiger partial charge is 0.455 e. The second-order valence-corrected chi connectivity index (χ2v) is 5.28. The highest BCUT2D eigenvalue weighted by Crippen LogP contribution is 2.29. The number of carbonyl (C=O) groups excluding carboxylic acids is 1. The molecule has 1 N–H and O–H groups in total. The summed E-state index contributed by atoms with van der Waals surface area (Å²) < 4.78 is 5.85. The Morgan fingerprint density at radius 3 is 2.46 bits per heavy atom. The fraction of sp³-hybridized carbons (Fsp3) is 0.105. The molecule has 0 bridgehead atoms. The molecule has 0 saturated heterocycles. The van der Waals surface area contributed by atoms with Crippen LogP contribution in [0.5, 0.6) is 11.5 Å². The summed E-state index contributed by atoms with van der Waals surface area (Å²) in [5, 5.41) is 2.86. The number of para-hydroxylation sites is 3. The number of rotatable bonds is 4. The van der Waals surface area contributed by atoms with Crippen LogP contribution in [0, 0.1) is 13.8 Å². The Kier molecular flexibility index (Phi) is 4.52. The van der Waals surface area contributed by atoms with Crippen LogP contribution in [0.15, 0.2) is 60.8 Å². The number of aryl methyl sites for hydroxylation is 2. The summed E-state index contributed by atoms with van der Waals surface area (Å²) >= 11 is 0. The second-order valence-electron chi connectivity index (χ2n) is 5.28. The van der Waals surface area contributed by atoms with Gasteiger partial charge in [0.1, 0.15) is 11.6 Å². The molecule has 0 unspecified atom stereocenters. The van der Waals surface area contributed by atoms with Crippen molar-refractivity contribution in [1.82, 2.24) is 9.97 Å². The normalized spacial score (nSPS) is 10.2. The van der Waals surface area contributed by atoms with Gasteiger partial charge in [-0.15, -0.1) is 0 Å². The zero-order valence-electron chi connectivity index (χ0n) is 13.5. The van der Waals surface area contributed by atoms with Gasteiger partial charge in [-0.05, 0) is 38.1 Å². The number of benzene rings is 2. The predicted molar refractivity (Wildman–Crippen MR) is 92.4 cm³/mol. The summed E-state index contributed by atoms with van der Waals surface area (Å²) in [7, 11) is 0. The molecule has 1 heterocycles. The van der Waals surface area contributed by atoms with Crippen molar-refractivity contribution in [3.8, 4) is 11.5 Å². The summed E-state index contributed by atoms with van der Waals surface area (Å²) in [6.45, 7) is 3.58. The van der Waals surface area contributed by atoms with E-state index < -0.39 is 0 Å². The highest BCUT2D eigenvalue weighted by Gasteiger charge is 2.13. The number of hydrogen-bond acceptors (Lipinski definition) is 4. The molecule has 0 aliphatic rings. The van der Waals surface area contributed by atoms with Crippen molar-refractivity contribution >= 4 is 11.6 Å². The zero-order valence-corrected chi connectivity index (χ0v) is 13.5. The minimum atomic E-state index is -0.267. The van der Waals surface area contributed by atoms with Gasteiger partial charge in [0.25, 0.3) is 5.91 Å². The molecule has 0 spiro atoms. The minimum absolute atomic E-state index is 0.267. The van der Waals surface area contributed by atoms with Crippen LogP contribution < -0.4 is 10.1 Å². The number of amides is 1. The highest BCUT2D eigenvalue weighted by molar-refractivity contribution is 6.05. The molecular weight excluding hydrogens is 302 g/mol. The molecule has 3 rings (SSSR count). The molecule has 120 valence electrons. The molecule has 1 aromatic heterocycles. The number of ether oxygens (including phenoxy) is 1. The van der Waals surface area contributed by atoms with Gasteiger partial charge in [-0.1, -0.05) is 30.3 Å². The van der Waals surface area contributed by atoms with Crippen molar-refractivity contribution in [3.05, 3.63) is 77.9 Å². The maximum Gasteiger partial charge on any atom is 0.259 e. The van der Waals surface area contributed by atoms with E-state index in [1.807, 2.05) is 42.5 Å². The molecule has 1 amide bonds. The average Bonchev–Trinajstić information content (AvgIpc) is 2.57. The smallest absolute Gasteiger partial charge is 0.259 e. The number of hydrogen-bond donors (Lipinski definition) is 1. The van der Waals surface area contributed by atoms with Gasteiger partial charge in [0, 0.05) is 6.20 Å². The van der Waals surface area contributed by atoms with E-state index in [-0.39, 0.29) is 5.91 Å². The Labute approximate surface area is 140 Å². The lowest BCUT2D eigenvalue weighted by Gasteiger charge is -2.12. The molecule has 5 nitrogen and oxygen atoms in total. The summed E-state index contributed by atoms with van der Waals surface area (Å²) in [4.78, 5) is 20.8. The number of nitrogens with zero attached hydrogens (tertiary/aromatic N) is 2. The van der Waals surface area contributed by atoms with Crippen molar-refractivity contribution in [2.75, 3.05) is 5.32 Å². The second kappa shape index (κ2) is 6.91. The summed E-state index contributed by atoms with van der Waals surface area (Å²) in [6, 6.07) is 16.7. The first-order chi connectivity index (χ1) is 11.6. The lowest BCUT2D eigenvalue weighted by molar-refractivity contribution is 0.102. The molecule has 2 aromatic carbocycles. The number of aromatic nitrogens is 2. The van der Waals surface area contributed by atoms with Gasteiger partial charge in [0.2, 0.25) is 0 Å². The van der Waals surface area contributed by atoms with Crippen LogP contribution in [-0.2, 0) is 0 Å². The Hall–Kier alpha value is -3.21. The van der Waals surface area contributed by atoms with Crippen LogP contribution in [0.3, 0.4) is 0 Å². The van der Waals surface area contributed by atoms with Gasteiger partial charge in [-0.25, -0.2) is 9.97 Å². The zero-order chi connectivity index (χ0) is 16.9. The van der Waals surface area contributed by atoms with Crippen LogP contribution in [0.25, 0.3) is 0 Å². The monoisotopic (exact) mass is 319 g/mol. The molecule has 3 aromatic rings. The predicted octanol–water partition coefficient (Wildman–Crippen LogP) is 4.14. The first-order valence-electron chi connectivity index (χ1n) is 7.57. The van der Waals surface area contributed by atoms with E-state index in [4.69, 9.17) is 4.74 Å². The fourth-order valence-electron chi connectivity index (χ4n) is 2.27. The van der Waals surface area contributed by atoms with E-state index in [1.54, 1.807) is 26.0 Å². The van der Waals surface area contributed by atoms with Gasteiger partial charge >= 0.3 is 0 Å². The molecule has 5 heteroatoms. The number of anilines is 1. The van der Waals surface area contributed by atoms with E-state index >= 15 is 0 Å². The Morgan fingerprint density at radius 2 is 1.71 bits per heavy atom. The molecule has 0 aliphatic heterocycles. The lowest BCUT2D eigenvalue weighted by Crippen LogP contribution is -2.15. The Bertz CT molecular complexity index is 863. The van der Waals surface area contributed by atoms with E-state index in [0.717, 1.165) is 0 Å². The maximum absolute atomic E-state index is 12.5. The Balaban J connectivity index is 1.84. The molecule has 0 atom stereocenters. The van der Waals surface area contributed by atoms with Gasteiger partial charge in [-0.3, -0.25) is 4.79 Å². The fourth-order valence-corrected chi connectivity index (χ4v) is 2.27. The quantitative estimate of drug-likeness (QED) is 0.785. The molecule has 0 saturated carbocycles. The van der Waals surface area contributed by atoms with Crippen LogP contribution in [0.1, 0.15) is 21.9 Å². The van der Waals surface area contributed by atoms with E-state index in [0.29, 0.717) is 34.3 Å². The van der Waals surface area contributed by atoms with Crippen LogP contribution >= 0.6 is 0 Å². The van der Waals surface area contributed by atoms with Gasteiger partial charge in [0.15, 0.2) is 5.75 Å². The van der Waals surface area contributed by atoms with Gasteiger partial charge in [0.05, 0.1) is 16.9 Å². The number of nitrogens with one attached hydrogen (secondary N) is 1. The van der Waals surface area contributed by atoms with Crippen LogP contribution in [-0.4, -0.2) is 15.9 Å². The van der Waals surface area contributed by atoms with Gasteiger partial charge in [-0.2, -0.15) is 0 Å². The van der Waals surface area contributed by atoms with Crippen molar-refractivity contribution in [3.63, 3.8) is 0 Å². The van der Waals surface area contributed by atoms with Crippen molar-refractivity contribution < 1.29 is 9.53 Å². The third-order valence-corrected chi connectivity index (χ3v) is 3.45. The molecule has 0 fully saturated rings. The topological polar surface area (TPSA) is 64.1 Å². The van der Waals surface area contributed by atoms with Gasteiger partial charge < -0.3 is 10.1 Å². The van der Waals surface area contributed by atoms with Crippen LogP contribution in [0.2, 0.25) is 0 Å². The first-order valence-corrected chi connectivity index (χ1v) is 7.57. The lowest BCUT2D eigenvalue weighted by atomic mass is 10.2. The highest BCUT2D eigenvalue weighted by atomic mass is 16.5.